The van der Waals surface area contributed by atoms with Gasteiger partial charge in [-0.3, -0.25) is 14.4 Å². The first-order valence-corrected chi connectivity index (χ1v) is 11.0. The van der Waals surface area contributed by atoms with E-state index in [1.807, 2.05) is 0 Å². The number of nitrogens with one attached hydrogen (secondary N) is 2. The molecule has 3 aromatic heterocycles. The molecule has 2 amide bonds. The molecule has 0 radical (unpaired) electrons. The molecule has 4 rings (SSSR count). The van der Waals surface area contributed by atoms with E-state index >= 15 is 0 Å². The number of hydrogen-bond donors (Lipinski definition) is 2. The van der Waals surface area contributed by atoms with E-state index in [9.17, 15) is 18.8 Å². The molecular formula is C23H25FN6O4. The topological polar surface area (TPSA) is 132 Å². The highest BCUT2D eigenvalue weighted by Crippen LogP contribution is 2.29. The lowest BCUT2D eigenvalue weighted by Crippen LogP contribution is -2.35. The zero-order chi connectivity index (χ0) is 24.6. The molecule has 0 aliphatic carbocycles. The maximum Gasteiger partial charge on any atom is 0.294 e. The number of fused-ring (bicyclic) bond motifs is 1. The van der Waals surface area contributed by atoms with Crippen LogP contribution in [0.2, 0.25) is 0 Å². The highest BCUT2D eigenvalue weighted by atomic mass is 19.1. The molecule has 3 aromatic rings. The smallest absolute Gasteiger partial charge is 0.294 e. The number of amides is 2. The van der Waals surface area contributed by atoms with E-state index in [1.165, 1.54) is 12.3 Å². The molecule has 0 fully saturated rings. The number of aromatic nitrogens is 4. The molecule has 0 aromatic carbocycles. The molecule has 0 saturated carbocycles. The van der Waals surface area contributed by atoms with Crippen LogP contribution in [0.3, 0.4) is 0 Å². The standard InChI is InChI=1S/C23H25FN6O4/c1-11-9-15(10-25-20(11)24)28-21(32)17-12(2)18(30-8-6-5-7-16(17)30)19(31)22(33)26-13(3)23-27-14(4)29-34-23/h9-10,13H,5-8H2,1-4H3,(H,26,33)(H,28,32)/t13-/m1/s1. The van der Waals surface area contributed by atoms with E-state index in [0.29, 0.717) is 46.9 Å². The van der Waals surface area contributed by atoms with Gasteiger partial charge in [0.05, 0.1) is 23.1 Å². The number of nitrogens with zero attached hydrogens (tertiary/aromatic N) is 4. The van der Waals surface area contributed by atoms with Crippen molar-refractivity contribution in [3.8, 4) is 0 Å². The van der Waals surface area contributed by atoms with Crippen molar-refractivity contribution in [1.29, 1.82) is 0 Å². The first-order chi connectivity index (χ1) is 16.2. The molecule has 34 heavy (non-hydrogen) atoms. The normalized spacial score (nSPS) is 13.8. The van der Waals surface area contributed by atoms with Gasteiger partial charge in [-0.2, -0.15) is 9.37 Å². The summed E-state index contributed by atoms with van der Waals surface area (Å²) in [6.45, 7) is 7.01. The average Bonchev–Trinajstić information content (AvgIpc) is 3.36. The molecule has 0 bridgehead atoms. The Bertz CT molecular complexity index is 1290. The predicted octanol–water partition coefficient (Wildman–Crippen LogP) is 2.98. The lowest BCUT2D eigenvalue weighted by Gasteiger charge is -2.18. The average molecular weight is 468 g/mol. The maximum absolute atomic E-state index is 13.5. The van der Waals surface area contributed by atoms with Crippen LogP contribution in [-0.4, -0.2) is 37.3 Å². The Kier molecular flexibility index (Phi) is 6.27. The van der Waals surface area contributed by atoms with Gasteiger partial charge >= 0.3 is 0 Å². The Morgan fingerprint density at radius 2 is 1.97 bits per heavy atom. The number of hydrogen-bond acceptors (Lipinski definition) is 7. The van der Waals surface area contributed by atoms with Crippen molar-refractivity contribution in [3.63, 3.8) is 0 Å². The van der Waals surface area contributed by atoms with E-state index in [4.69, 9.17) is 4.52 Å². The van der Waals surface area contributed by atoms with Crippen LogP contribution < -0.4 is 10.6 Å². The molecule has 0 spiro atoms. The SMILES string of the molecule is Cc1noc([C@@H](C)NC(=O)C(=O)c2c(C)c(C(=O)Nc3cnc(F)c(C)c3)c3n2CCCC3)n1. The third-order valence-corrected chi connectivity index (χ3v) is 5.84. The fourth-order valence-corrected chi connectivity index (χ4v) is 4.21. The Hall–Kier alpha value is -3.89. The van der Waals surface area contributed by atoms with Crippen LogP contribution in [0.15, 0.2) is 16.8 Å². The number of halogens is 1. The van der Waals surface area contributed by atoms with Crippen molar-refractivity contribution in [2.45, 2.75) is 59.5 Å². The summed E-state index contributed by atoms with van der Waals surface area (Å²) in [4.78, 5) is 46.9. The minimum absolute atomic E-state index is 0.180. The van der Waals surface area contributed by atoms with Gasteiger partial charge in [0.1, 0.15) is 6.04 Å². The molecule has 0 unspecified atom stereocenters. The van der Waals surface area contributed by atoms with Crippen molar-refractivity contribution in [3.05, 3.63) is 58.0 Å². The van der Waals surface area contributed by atoms with Crippen LogP contribution in [0, 0.1) is 26.7 Å². The second-order valence-corrected chi connectivity index (χ2v) is 8.39. The van der Waals surface area contributed by atoms with E-state index in [0.717, 1.165) is 12.8 Å². The maximum atomic E-state index is 13.5. The Morgan fingerprint density at radius 1 is 1.21 bits per heavy atom. The summed E-state index contributed by atoms with van der Waals surface area (Å²) >= 11 is 0. The largest absolute Gasteiger partial charge is 0.341 e. The number of carbonyl (C=O) groups excluding carboxylic acids is 3. The number of carbonyl (C=O) groups is 3. The van der Waals surface area contributed by atoms with Gasteiger partial charge in [-0.25, -0.2) is 4.98 Å². The Balaban J connectivity index is 1.63. The van der Waals surface area contributed by atoms with Crippen LogP contribution in [0.4, 0.5) is 10.1 Å². The zero-order valence-electron chi connectivity index (χ0n) is 19.4. The summed E-state index contributed by atoms with van der Waals surface area (Å²) in [5.74, 6) is -2.02. The van der Waals surface area contributed by atoms with Gasteiger partial charge in [0.25, 0.3) is 17.6 Å². The molecular weight excluding hydrogens is 443 g/mol. The number of rotatable bonds is 6. The van der Waals surface area contributed by atoms with Crippen LogP contribution >= 0.6 is 0 Å². The summed E-state index contributed by atoms with van der Waals surface area (Å²) in [5, 5.41) is 9.01. The number of Topliss-reactive ketones (excluding diaryl/α,β-unsaturated/α-hetero) is 1. The highest BCUT2D eigenvalue weighted by Gasteiger charge is 2.33. The lowest BCUT2D eigenvalue weighted by molar-refractivity contribution is -0.117. The monoisotopic (exact) mass is 468 g/mol. The van der Waals surface area contributed by atoms with Crippen molar-refractivity contribution >= 4 is 23.3 Å². The molecule has 4 heterocycles. The molecule has 11 heteroatoms. The van der Waals surface area contributed by atoms with E-state index in [2.05, 4.69) is 25.8 Å². The van der Waals surface area contributed by atoms with Crippen LogP contribution in [0.5, 0.6) is 0 Å². The Labute approximate surface area is 194 Å². The minimum Gasteiger partial charge on any atom is -0.341 e. The van der Waals surface area contributed by atoms with Crippen LogP contribution in [0.25, 0.3) is 0 Å². The van der Waals surface area contributed by atoms with Gasteiger partial charge in [-0.1, -0.05) is 5.16 Å². The summed E-state index contributed by atoms with van der Waals surface area (Å²) < 4.78 is 20.3. The molecule has 1 atom stereocenters. The zero-order valence-corrected chi connectivity index (χ0v) is 19.4. The molecule has 2 N–H and O–H groups in total. The third-order valence-electron chi connectivity index (χ3n) is 5.84. The Morgan fingerprint density at radius 3 is 2.65 bits per heavy atom. The van der Waals surface area contributed by atoms with Gasteiger partial charge < -0.3 is 19.7 Å². The fraction of sp³-hybridized carbons (Fsp3) is 0.391. The summed E-state index contributed by atoms with van der Waals surface area (Å²) in [6.07, 6.45) is 3.51. The number of pyridine rings is 1. The van der Waals surface area contributed by atoms with E-state index < -0.39 is 29.6 Å². The first-order valence-electron chi connectivity index (χ1n) is 11.0. The van der Waals surface area contributed by atoms with Crippen molar-refractivity contribution in [1.82, 2.24) is 25.0 Å². The molecule has 0 saturated heterocycles. The van der Waals surface area contributed by atoms with Crippen LogP contribution in [-0.2, 0) is 17.8 Å². The molecule has 1 aliphatic rings. The molecule has 10 nitrogen and oxygen atoms in total. The number of ketones is 1. The van der Waals surface area contributed by atoms with Crippen molar-refractivity contribution < 1.29 is 23.3 Å². The van der Waals surface area contributed by atoms with Crippen molar-refractivity contribution in [2.24, 2.45) is 0 Å². The number of aryl methyl sites for hydroxylation is 2. The van der Waals surface area contributed by atoms with Gasteiger partial charge in [0.2, 0.25) is 11.8 Å². The first kappa shape index (κ1) is 23.3. The predicted molar refractivity (Wildman–Crippen MR) is 119 cm³/mol. The summed E-state index contributed by atoms with van der Waals surface area (Å²) in [7, 11) is 0. The quantitative estimate of drug-likeness (QED) is 0.323. The lowest BCUT2D eigenvalue weighted by atomic mass is 10.0. The van der Waals surface area contributed by atoms with Crippen LogP contribution in [0.1, 0.15) is 75.2 Å². The molecule has 1 aliphatic heterocycles. The second-order valence-electron chi connectivity index (χ2n) is 8.39. The van der Waals surface area contributed by atoms with Gasteiger partial charge in [-0.05, 0) is 58.6 Å². The van der Waals surface area contributed by atoms with E-state index in [-0.39, 0.29) is 11.6 Å². The van der Waals surface area contributed by atoms with E-state index in [1.54, 1.807) is 32.3 Å². The fourth-order valence-electron chi connectivity index (χ4n) is 4.21. The summed E-state index contributed by atoms with van der Waals surface area (Å²) in [6, 6.07) is 0.823. The summed E-state index contributed by atoms with van der Waals surface area (Å²) in [5.41, 5.74) is 2.28. The highest BCUT2D eigenvalue weighted by molar-refractivity contribution is 6.43. The van der Waals surface area contributed by atoms with Gasteiger partial charge in [0.15, 0.2) is 5.82 Å². The second kappa shape index (κ2) is 9.16. The molecule has 178 valence electrons. The van der Waals surface area contributed by atoms with Gasteiger partial charge in [-0.15, -0.1) is 0 Å². The van der Waals surface area contributed by atoms with Crippen molar-refractivity contribution in [2.75, 3.05) is 5.32 Å². The third kappa shape index (κ3) is 4.33. The number of anilines is 1. The van der Waals surface area contributed by atoms with Gasteiger partial charge in [0, 0.05) is 17.8 Å². The minimum atomic E-state index is -0.831.